The molecule has 0 saturated heterocycles. The van der Waals surface area contributed by atoms with Gasteiger partial charge in [0.05, 0.1) is 0 Å². The summed E-state index contributed by atoms with van der Waals surface area (Å²) in [5.41, 5.74) is -11.5. The van der Waals surface area contributed by atoms with Crippen molar-refractivity contribution in [2.75, 3.05) is 0 Å². The molecule has 12 heteroatoms. The second kappa shape index (κ2) is 11.7. The molecular weight excluding hydrogens is 588 g/mol. The molecule has 0 amide bonds. The summed E-state index contributed by atoms with van der Waals surface area (Å²) in [6.07, 6.45) is -22.1. The van der Waals surface area contributed by atoms with E-state index in [-0.39, 0.29) is 0 Å². The molecule has 224 valence electrons. The van der Waals surface area contributed by atoms with E-state index in [1.165, 1.54) is 24.3 Å². The molecule has 0 N–H and O–H groups in total. The zero-order valence-corrected chi connectivity index (χ0v) is 21.1. The van der Waals surface area contributed by atoms with Crippen molar-refractivity contribution in [2.24, 2.45) is 0 Å². The first kappa shape index (κ1) is 32.6. The van der Waals surface area contributed by atoms with Gasteiger partial charge in [0.2, 0.25) is 10.8 Å². The Morgan fingerprint density at radius 1 is 0.238 bits per heavy atom. The Morgan fingerprint density at radius 3 is 0.500 bits per heavy atom. The maximum Gasteiger partial charge on any atom is 0.411 e. The second-order valence-electron chi connectivity index (χ2n) is 8.96. The molecule has 0 aliphatic carbocycles. The van der Waals surface area contributed by atoms with Crippen molar-refractivity contribution in [1.82, 2.24) is 0 Å². The first-order chi connectivity index (χ1) is 19.4. The molecule has 0 aliphatic heterocycles. The van der Waals surface area contributed by atoms with Gasteiger partial charge in [0, 0.05) is 0 Å². The van der Waals surface area contributed by atoms with Crippen molar-refractivity contribution in [2.45, 2.75) is 35.5 Å². The third-order valence-electron chi connectivity index (χ3n) is 6.53. The molecule has 0 saturated carbocycles. The Labute approximate surface area is 232 Å². The Kier molecular flexibility index (Phi) is 9.09. The zero-order valence-electron chi connectivity index (χ0n) is 21.1. The maximum absolute atomic E-state index is 13.5. The molecule has 0 spiro atoms. The van der Waals surface area contributed by atoms with Crippen LogP contribution in [0.2, 0.25) is 0 Å². The minimum absolute atomic E-state index is 0.841. The Hall–Kier alpha value is -3.96. The van der Waals surface area contributed by atoms with E-state index in [9.17, 15) is 52.7 Å². The Morgan fingerprint density at radius 2 is 0.381 bits per heavy atom. The van der Waals surface area contributed by atoms with Gasteiger partial charge in [-0.25, -0.2) is 0 Å². The lowest BCUT2D eigenvalue weighted by Gasteiger charge is -2.38. The van der Waals surface area contributed by atoms with Crippen LogP contribution in [-0.4, -0.2) is 24.7 Å². The zero-order chi connectivity index (χ0) is 31.5. The first-order valence-corrected chi connectivity index (χ1v) is 11.9. The van der Waals surface area contributed by atoms with E-state index in [1.54, 1.807) is 0 Å². The van der Waals surface area contributed by atoms with Gasteiger partial charge in [-0.3, -0.25) is 0 Å². The smallest absolute Gasteiger partial charge is 0.169 e. The van der Waals surface area contributed by atoms with E-state index < -0.39 is 57.8 Å². The van der Waals surface area contributed by atoms with Gasteiger partial charge < -0.3 is 0 Å². The standard InChI is InChI=1S/2C15H10F6/c2*16-14(17,18)13(15(19,20)21,11-7-3-1-4-8-11)12-9-5-2-6-10-12/h2*1-10H. The lowest BCUT2D eigenvalue weighted by molar-refractivity contribution is -0.290. The maximum atomic E-state index is 13.5. The summed E-state index contributed by atoms with van der Waals surface area (Å²) < 4.78 is 162. The molecule has 4 aromatic carbocycles. The van der Waals surface area contributed by atoms with Crippen LogP contribution >= 0.6 is 0 Å². The number of rotatable bonds is 4. The van der Waals surface area contributed by atoms with Gasteiger partial charge in [-0.05, 0) is 22.3 Å². The highest BCUT2D eigenvalue weighted by Crippen LogP contribution is 2.57. The van der Waals surface area contributed by atoms with Crippen molar-refractivity contribution >= 4 is 0 Å². The SMILES string of the molecule is FC(F)(F)C(c1ccccc1)(c1ccccc1)C(F)(F)F.FC(F)(F)C(c1ccccc1)(c1ccccc1)C(F)(F)F. The summed E-state index contributed by atoms with van der Waals surface area (Å²) in [5.74, 6) is 0. The predicted molar refractivity (Wildman–Crippen MR) is 132 cm³/mol. The molecule has 0 atom stereocenters. The monoisotopic (exact) mass is 608 g/mol. The fourth-order valence-corrected chi connectivity index (χ4v) is 4.72. The van der Waals surface area contributed by atoms with Crippen LogP contribution in [0.4, 0.5) is 52.7 Å². The number of alkyl halides is 12. The van der Waals surface area contributed by atoms with Crippen LogP contribution in [0.1, 0.15) is 22.3 Å². The van der Waals surface area contributed by atoms with Crippen LogP contribution in [0, 0.1) is 0 Å². The van der Waals surface area contributed by atoms with Gasteiger partial charge >= 0.3 is 24.7 Å². The summed E-state index contributed by atoms with van der Waals surface area (Å²) in [6, 6.07) is 21.5. The predicted octanol–water partition coefficient (Wildman–Crippen LogP) is 10.2. The molecule has 0 aromatic heterocycles. The molecular formula is C30H20F12. The average molecular weight is 608 g/mol. The fraction of sp³-hybridized carbons (Fsp3) is 0.200. The normalized spacial score (nSPS) is 13.2. The van der Waals surface area contributed by atoms with Crippen LogP contribution in [0.15, 0.2) is 121 Å². The van der Waals surface area contributed by atoms with E-state index in [1.807, 2.05) is 0 Å². The van der Waals surface area contributed by atoms with Gasteiger partial charge in [0.1, 0.15) is 0 Å². The van der Waals surface area contributed by atoms with Gasteiger partial charge in [0.15, 0.2) is 0 Å². The number of hydrogen-bond donors (Lipinski definition) is 0. The highest BCUT2D eigenvalue weighted by atomic mass is 19.4. The van der Waals surface area contributed by atoms with Crippen molar-refractivity contribution in [3.63, 3.8) is 0 Å². The summed E-state index contributed by atoms with van der Waals surface area (Å²) in [7, 11) is 0. The molecule has 42 heavy (non-hydrogen) atoms. The number of halogens is 12. The van der Waals surface area contributed by atoms with Crippen LogP contribution in [0.3, 0.4) is 0 Å². The average Bonchev–Trinajstić information content (AvgIpc) is 2.89. The largest absolute Gasteiger partial charge is 0.411 e. The minimum atomic E-state index is -5.52. The molecule has 0 fully saturated rings. The highest BCUT2D eigenvalue weighted by molar-refractivity contribution is 5.45. The lowest BCUT2D eigenvalue weighted by atomic mass is 9.73. The van der Waals surface area contributed by atoms with Crippen molar-refractivity contribution < 1.29 is 52.7 Å². The molecule has 4 rings (SSSR count). The van der Waals surface area contributed by atoms with Crippen LogP contribution < -0.4 is 0 Å². The minimum Gasteiger partial charge on any atom is -0.169 e. The van der Waals surface area contributed by atoms with E-state index in [2.05, 4.69) is 0 Å². The van der Waals surface area contributed by atoms with Gasteiger partial charge in [0.25, 0.3) is 0 Å². The molecule has 0 radical (unpaired) electrons. The molecule has 0 aliphatic rings. The molecule has 4 aromatic rings. The topological polar surface area (TPSA) is 0 Å². The van der Waals surface area contributed by atoms with E-state index >= 15 is 0 Å². The molecule has 0 bridgehead atoms. The molecule has 0 nitrogen and oxygen atoms in total. The second-order valence-corrected chi connectivity index (χ2v) is 8.96. The highest BCUT2D eigenvalue weighted by Gasteiger charge is 2.73. The van der Waals surface area contributed by atoms with Crippen molar-refractivity contribution in [3.8, 4) is 0 Å². The third kappa shape index (κ3) is 5.71. The Balaban J connectivity index is 0.000000230. The number of hydrogen-bond acceptors (Lipinski definition) is 0. The van der Waals surface area contributed by atoms with E-state index in [0.717, 1.165) is 97.1 Å². The summed E-state index contributed by atoms with van der Waals surface area (Å²) in [6.45, 7) is 0. The molecule has 0 unspecified atom stereocenters. The van der Waals surface area contributed by atoms with Crippen molar-refractivity contribution in [3.05, 3.63) is 144 Å². The number of benzene rings is 4. The quantitative estimate of drug-likeness (QED) is 0.202. The fourth-order valence-electron chi connectivity index (χ4n) is 4.72. The molecule has 0 heterocycles. The van der Waals surface area contributed by atoms with E-state index in [4.69, 9.17) is 0 Å². The summed E-state index contributed by atoms with van der Waals surface area (Å²) in [4.78, 5) is 0. The lowest BCUT2D eigenvalue weighted by Crippen LogP contribution is -2.54. The van der Waals surface area contributed by atoms with Crippen LogP contribution in [0.5, 0.6) is 0 Å². The summed E-state index contributed by atoms with van der Waals surface area (Å²) in [5, 5.41) is 0. The van der Waals surface area contributed by atoms with Gasteiger partial charge in [-0.2, -0.15) is 52.7 Å². The third-order valence-corrected chi connectivity index (χ3v) is 6.53. The van der Waals surface area contributed by atoms with Crippen LogP contribution in [0.25, 0.3) is 0 Å². The van der Waals surface area contributed by atoms with Crippen LogP contribution in [-0.2, 0) is 10.8 Å². The first-order valence-electron chi connectivity index (χ1n) is 11.9. The van der Waals surface area contributed by atoms with Gasteiger partial charge in [-0.15, -0.1) is 0 Å². The van der Waals surface area contributed by atoms with Gasteiger partial charge in [-0.1, -0.05) is 121 Å². The van der Waals surface area contributed by atoms with E-state index in [0.29, 0.717) is 0 Å². The Bertz CT molecular complexity index is 1170. The summed E-state index contributed by atoms with van der Waals surface area (Å²) >= 11 is 0. The van der Waals surface area contributed by atoms with Crippen molar-refractivity contribution in [1.29, 1.82) is 0 Å².